The molecule has 0 aromatic carbocycles. The topological polar surface area (TPSA) is 58.2 Å². The summed E-state index contributed by atoms with van der Waals surface area (Å²) in [5.41, 5.74) is 0. The molecule has 0 bridgehead atoms. The summed E-state index contributed by atoms with van der Waals surface area (Å²) < 4.78 is 26.1. The van der Waals surface area contributed by atoms with Crippen molar-refractivity contribution in [1.82, 2.24) is 10.0 Å². The van der Waals surface area contributed by atoms with Crippen molar-refractivity contribution in [2.24, 2.45) is 5.92 Å². The van der Waals surface area contributed by atoms with Crippen molar-refractivity contribution in [1.29, 1.82) is 0 Å². The predicted octanol–water partition coefficient (Wildman–Crippen LogP) is 1.34. The lowest BCUT2D eigenvalue weighted by Crippen LogP contribution is -2.40. The van der Waals surface area contributed by atoms with Crippen LogP contribution in [0.25, 0.3) is 0 Å². The Labute approximate surface area is 100 Å². The van der Waals surface area contributed by atoms with Gasteiger partial charge >= 0.3 is 0 Å². The summed E-state index contributed by atoms with van der Waals surface area (Å²) in [6.45, 7) is 9.38. The van der Waals surface area contributed by atoms with Gasteiger partial charge in [0.25, 0.3) is 0 Å². The summed E-state index contributed by atoms with van der Waals surface area (Å²) in [5, 5.41) is 3.17. The van der Waals surface area contributed by atoms with Crippen LogP contribution in [0.5, 0.6) is 0 Å². The van der Waals surface area contributed by atoms with Crippen LogP contribution in [0.15, 0.2) is 0 Å². The maximum atomic E-state index is 11.7. The number of likely N-dealkylation sites (N-methyl/N-ethyl adjacent to an activating group) is 1. The second-order valence-electron chi connectivity index (χ2n) is 4.27. The average molecular weight is 250 g/mol. The highest BCUT2D eigenvalue weighted by Gasteiger charge is 2.16. The van der Waals surface area contributed by atoms with Crippen molar-refractivity contribution in [2.45, 2.75) is 46.6 Å². The van der Waals surface area contributed by atoms with E-state index in [-0.39, 0.29) is 17.7 Å². The first-order valence-corrected chi connectivity index (χ1v) is 7.81. The van der Waals surface area contributed by atoms with Gasteiger partial charge in [-0.25, -0.2) is 13.1 Å². The van der Waals surface area contributed by atoms with Crippen LogP contribution >= 0.6 is 0 Å². The van der Waals surface area contributed by atoms with Crippen molar-refractivity contribution in [2.75, 3.05) is 18.8 Å². The number of sulfonamides is 1. The fourth-order valence-electron chi connectivity index (χ4n) is 1.57. The molecule has 0 heterocycles. The number of nitrogens with one attached hydrogen (secondary N) is 2. The molecule has 0 fully saturated rings. The Balaban J connectivity index is 4.05. The maximum absolute atomic E-state index is 11.7. The van der Waals surface area contributed by atoms with Gasteiger partial charge in [-0.15, -0.1) is 0 Å². The van der Waals surface area contributed by atoms with Gasteiger partial charge in [-0.3, -0.25) is 0 Å². The molecule has 2 N–H and O–H groups in total. The monoisotopic (exact) mass is 250 g/mol. The van der Waals surface area contributed by atoms with Gasteiger partial charge in [0.15, 0.2) is 0 Å². The minimum Gasteiger partial charge on any atom is -0.313 e. The second-order valence-corrected chi connectivity index (χ2v) is 6.12. The van der Waals surface area contributed by atoms with Gasteiger partial charge in [0.2, 0.25) is 10.0 Å². The van der Waals surface area contributed by atoms with Gasteiger partial charge in [0, 0.05) is 12.6 Å². The maximum Gasteiger partial charge on any atom is 0.211 e. The third-order valence-corrected chi connectivity index (χ3v) is 4.29. The van der Waals surface area contributed by atoms with Gasteiger partial charge in [-0.2, -0.15) is 0 Å². The smallest absolute Gasteiger partial charge is 0.211 e. The number of hydrogen-bond donors (Lipinski definition) is 2. The van der Waals surface area contributed by atoms with Gasteiger partial charge in [-0.1, -0.05) is 33.6 Å². The molecule has 4 nitrogen and oxygen atoms in total. The summed E-state index contributed by atoms with van der Waals surface area (Å²) in [7, 11) is -3.11. The molecule has 98 valence electrons. The van der Waals surface area contributed by atoms with Gasteiger partial charge in [-0.05, 0) is 19.4 Å². The molecule has 0 rings (SSSR count). The Hall–Kier alpha value is -0.130. The Kier molecular flexibility index (Phi) is 7.97. The van der Waals surface area contributed by atoms with Crippen LogP contribution in [0.1, 0.15) is 40.5 Å². The SMILES string of the molecule is CCN[C@H](C)CNS(=O)(=O)CC(CC)CC. The summed E-state index contributed by atoms with van der Waals surface area (Å²) >= 11 is 0. The summed E-state index contributed by atoms with van der Waals surface area (Å²) in [5.74, 6) is 0.519. The lowest BCUT2D eigenvalue weighted by atomic mass is 10.1. The zero-order valence-corrected chi connectivity index (χ0v) is 11.7. The summed E-state index contributed by atoms with van der Waals surface area (Å²) in [4.78, 5) is 0. The average Bonchev–Trinajstić information content (AvgIpc) is 2.24. The van der Waals surface area contributed by atoms with Crippen molar-refractivity contribution in [3.8, 4) is 0 Å². The predicted molar refractivity (Wildman–Crippen MR) is 69.0 cm³/mol. The molecular formula is C11H26N2O2S. The van der Waals surface area contributed by atoms with Crippen molar-refractivity contribution in [3.63, 3.8) is 0 Å². The molecule has 0 unspecified atom stereocenters. The van der Waals surface area contributed by atoms with E-state index in [1.54, 1.807) is 0 Å². The van der Waals surface area contributed by atoms with E-state index in [2.05, 4.69) is 10.0 Å². The van der Waals surface area contributed by atoms with Crippen molar-refractivity contribution < 1.29 is 8.42 Å². The van der Waals surface area contributed by atoms with Crippen LogP contribution in [-0.4, -0.2) is 33.3 Å². The highest BCUT2D eigenvalue weighted by molar-refractivity contribution is 7.89. The highest BCUT2D eigenvalue weighted by Crippen LogP contribution is 2.09. The zero-order valence-electron chi connectivity index (χ0n) is 10.9. The third-order valence-electron chi connectivity index (χ3n) is 2.77. The molecule has 0 aliphatic heterocycles. The first-order chi connectivity index (χ1) is 7.45. The summed E-state index contributed by atoms with van der Waals surface area (Å²) in [6.07, 6.45) is 1.83. The Bertz CT molecular complexity index is 261. The van der Waals surface area contributed by atoms with E-state index in [0.29, 0.717) is 6.54 Å². The minimum absolute atomic E-state index is 0.182. The van der Waals surface area contributed by atoms with E-state index in [4.69, 9.17) is 0 Å². The van der Waals surface area contributed by atoms with E-state index in [9.17, 15) is 8.42 Å². The van der Waals surface area contributed by atoms with Crippen molar-refractivity contribution in [3.05, 3.63) is 0 Å². The molecule has 0 saturated carbocycles. The molecule has 0 aromatic rings. The summed E-state index contributed by atoms with van der Waals surface area (Å²) in [6, 6.07) is 0.182. The normalized spacial score (nSPS) is 14.3. The largest absolute Gasteiger partial charge is 0.313 e. The molecule has 0 radical (unpaired) electrons. The lowest BCUT2D eigenvalue weighted by molar-refractivity contribution is 0.505. The van der Waals surface area contributed by atoms with Crippen LogP contribution in [-0.2, 0) is 10.0 Å². The quantitative estimate of drug-likeness (QED) is 0.649. The van der Waals surface area contributed by atoms with Crippen LogP contribution in [0.3, 0.4) is 0 Å². The van der Waals surface area contributed by atoms with Gasteiger partial charge in [0.05, 0.1) is 5.75 Å². The Morgan fingerprint density at radius 3 is 2.12 bits per heavy atom. The second kappa shape index (κ2) is 8.03. The van der Waals surface area contributed by atoms with Crippen LogP contribution in [0, 0.1) is 5.92 Å². The van der Waals surface area contributed by atoms with E-state index in [0.717, 1.165) is 19.4 Å². The molecule has 0 amide bonds. The molecular weight excluding hydrogens is 224 g/mol. The molecule has 0 aliphatic rings. The first-order valence-electron chi connectivity index (χ1n) is 6.15. The standard InChI is InChI=1S/C11H26N2O2S/c1-5-11(6-2)9-16(14,15)13-8-10(4)12-7-3/h10-13H,5-9H2,1-4H3/t10-/m1/s1. The molecule has 0 saturated heterocycles. The van der Waals surface area contributed by atoms with Crippen LogP contribution in [0.2, 0.25) is 0 Å². The van der Waals surface area contributed by atoms with E-state index < -0.39 is 10.0 Å². The molecule has 5 heteroatoms. The van der Waals surface area contributed by atoms with Gasteiger partial charge in [0.1, 0.15) is 0 Å². The fourth-order valence-corrected chi connectivity index (χ4v) is 3.28. The third kappa shape index (κ3) is 7.19. The first kappa shape index (κ1) is 15.9. The molecule has 0 spiro atoms. The van der Waals surface area contributed by atoms with Crippen LogP contribution in [0.4, 0.5) is 0 Å². The van der Waals surface area contributed by atoms with Gasteiger partial charge < -0.3 is 5.32 Å². The zero-order chi connectivity index (χ0) is 12.6. The molecule has 1 atom stereocenters. The molecule has 16 heavy (non-hydrogen) atoms. The fraction of sp³-hybridized carbons (Fsp3) is 1.00. The van der Waals surface area contributed by atoms with E-state index in [1.165, 1.54) is 0 Å². The molecule has 0 aromatic heterocycles. The number of hydrogen-bond acceptors (Lipinski definition) is 3. The lowest BCUT2D eigenvalue weighted by Gasteiger charge is -2.16. The Morgan fingerprint density at radius 1 is 1.12 bits per heavy atom. The Morgan fingerprint density at radius 2 is 1.69 bits per heavy atom. The van der Waals surface area contributed by atoms with E-state index in [1.807, 2.05) is 27.7 Å². The van der Waals surface area contributed by atoms with Crippen molar-refractivity contribution >= 4 is 10.0 Å². The number of rotatable bonds is 9. The van der Waals surface area contributed by atoms with E-state index >= 15 is 0 Å². The molecule has 0 aliphatic carbocycles. The highest BCUT2D eigenvalue weighted by atomic mass is 32.2. The minimum atomic E-state index is -3.11. The van der Waals surface area contributed by atoms with Crippen LogP contribution < -0.4 is 10.0 Å².